The molecule has 1 aromatic heterocycles. The Kier molecular flexibility index (Phi) is 3.26. The van der Waals surface area contributed by atoms with Gasteiger partial charge in [-0.2, -0.15) is 5.26 Å². The van der Waals surface area contributed by atoms with Crippen LogP contribution in [0.4, 0.5) is 17.3 Å². The average Bonchev–Trinajstić information content (AvgIpc) is 2.29. The summed E-state index contributed by atoms with van der Waals surface area (Å²) in [7, 11) is 0. The molecule has 0 saturated carbocycles. The van der Waals surface area contributed by atoms with Crippen LogP contribution < -0.4 is 11.1 Å². The summed E-state index contributed by atoms with van der Waals surface area (Å²) in [4.78, 5) is 4.12. The van der Waals surface area contributed by atoms with Gasteiger partial charge in [-0.1, -0.05) is 22.0 Å². The summed E-state index contributed by atoms with van der Waals surface area (Å²) < 4.78 is 0.892. The highest BCUT2D eigenvalue weighted by atomic mass is 79.9. The van der Waals surface area contributed by atoms with Crippen LogP contribution in [-0.2, 0) is 0 Å². The Morgan fingerprint density at radius 3 is 2.82 bits per heavy atom. The Morgan fingerprint density at radius 2 is 2.12 bits per heavy atom. The van der Waals surface area contributed by atoms with E-state index in [1.807, 2.05) is 12.1 Å². The minimum absolute atomic E-state index is 0.434. The largest absolute Gasteiger partial charge is 0.384 e. The Labute approximate surface area is 107 Å². The smallest absolute Gasteiger partial charge is 0.132 e. The summed E-state index contributed by atoms with van der Waals surface area (Å²) in [6.07, 6.45) is 0. The Hall–Kier alpha value is -2.06. The van der Waals surface area contributed by atoms with Crippen molar-refractivity contribution >= 4 is 33.3 Å². The molecule has 0 bridgehead atoms. The summed E-state index contributed by atoms with van der Waals surface area (Å²) in [6, 6.07) is 12.8. The van der Waals surface area contributed by atoms with Crippen LogP contribution in [-0.4, -0.2) is 4.98 Å². The van der Waals surface area contributed by atoms with Gasteiger partial charge in [0.2, 0.25) is 0 Å². The van der Waals surface area contributed by atoms with E-state index < -0.39 is 0 Å². The summed E-state index contributed by atoms with van der Waals surface area (Å²) >= 11 is 3.36. The maximum Gasteiger partial charge on any atom is 0.132 e. The van der Waals surface area contributed by atoms with E-state index in [1.165, 1.54) is 0 Å². The number of nitriles is 1. The molecule has 0 spiro atoms. The SMILES string of the molecule is N#Cc1ccc(Br)cc1Nc1cccc(N)n1. The van der Waals surface area contributed by atoms with Crippen LogP contribution in [0, 0.1) is 11.3 Å². The van der Waals surface area contributed by atoms with Crippen molar-refractivity contribution in [1.29, 1.82) is 5.26 Å². The molecule has 0 unspecified atom stereocenters. The highest BCUT2D eigenvalue weighted by Crippen LogP contribution is 2.23. The van der Waals surface area contributed by atoms with Crippen molar-refractivity contribution in [1.82, 2.24) is 4.98 Å². The van der Waals surface area contributed by atoms with Gasteiger partial charge in [0.25, 0.3) is 0 Å². The first-order valence-corrected chi connectivity index (χ1v) is 5.67. The second kappa shape index (κ2) is 4.85. The summed E-state index contributed by atoms with van der Waals surface area (Å²) in [5.41, 5.74) is 6.83. The number of nitrogens with one attached hydrogen (secondary N) is 1. The quantitative estimate of drug-likeness (QED) is 0.891. The van der Waals surface area contributed by atoms with E-state index in [9.17, 15) is 0 Å². The number of benzene rings is 1. The van der Waals surface area contributed by atoms with Crippen molar-refractivity contribution in [2.24, 2.45) is 0 Å². The van der Waals surface area contributed by atoms with E-state index in [2.05, 4.69) is 32.3 Å². The van der Waals surface area contributed by atoms with Gasteiger partial charge in [0.15, 0.2) is 0 Å². The molecule has 0 amide bonds. The monoisotopic (exact) mass is 288 g/mol. The topological polar surface area (TPSA) is 74.7 Å². The average molecular weight is 289 g/mol. The summed E-state index contributed by atoms with van der Waals surface area (Å²) in [5, 5.41) is 12.1. The lowest BCUT2D eigenvalue weighted by Gasteiger charge is -2.08. The van der Waals surface area contributed by atoms with Gasteiger partial charge in [-0.3, -0.25) is 0 Å². The molecule has 2 rings (SSSR count). The van der Waals surface area contributed by atoms with E-state index >= 15 is 0 Å². The first-order chi connectivity index (χ1) is 8.19. The van der Waals surface area contributed by atoms with Crippen LogP contribution in [0.15, 0.2) is 40.9 Å². The zero-order valence-corrected chi connectivity index (χ0v) is 10.4. The van der Waals surface area contributed by atoms with Crippen LogP contribution in [0.25, 0.3) is 0 Å². The van der Waals surface area contributed by atoms with Gasteiger partial charge in [-0.05, 0) is 30.3 Å². The molecular weight excluding hydrogens is 280 g/mol. The van der Waals surface area contributed by atoms with E-state index in [0.29, 0.717) is 22.9 Å². The van der Waals surface area contributed by atoms with Crippen LogP contribution in [0.1, 0.15) is 5.56 Å². The lowest BCUT2D eigenvalue weighted by molar-refractivity contribution is 1.31. The maximum absolute atomic E-state index is 8.99. The van der Waals surface area contributed by atoms with Gasteiger partial charge in [0, 0.05) is 4.47 Å². The first-order valence-electron chi connectivity index (χ1n) is 4.88. The molecule has 1 aromatic carbocycles. The number of hydrogen-bond acceptors (Lipinski definition) is 4. The number of nitrogens with zero attached hydrogens (tertiary/aromatic N) is 2. The number of pyridine rings is 1. The number of aromatic nitrogens is 1. The number of nitrogens with two attached hydrogens (primary N) is 1. The van der Waals surface area contributed by atoms with Crippen molar-refractivity contribution < 1.29 is 0 Å². The molecule has 0 atom stereocenters. The zero-order valence-electron chi connectivity index (χ0n) is 8.81. The molecule has 2 aromatic rings. The summed E-state index contributed by atoms with van der Waals surface area (Å²) in [6.45, 7) is 0. The third kappa shape index (κ3) is 2.74. The van der Waals surface area contributed by atoms with Gasteiger partial charge in [-0.25, -0.2) is 4.98 Å². The van der Waals surface area contributed by atoms with Gasteiger partial charge in [0.1, 0.15) is 17.7 Å². The second-order valence-electron chi connectivity index (χ2n) is 3.37. The summed E-state index contributed by atoms with van der Waals surface area (Å²) in [5.74, 6) is 1.04. The highest BCUT2D eigenvalue weighted by molar-refractivity contribution is 9.10. The van der Waals surface area contributed by atoms with Crippen molar-refractivity contribution in [3.8, 4) is 6.07 Å². The van der Waals surface area contributed by atoms with Crippen molar-refractivity contribution in [2.75, 3.05) is 11.1 Å². The van der Waals surface area contributed by atoms with Gasteiger partial charge >= 0.3 is 0 Å². The van der Waals surface area contributed by atoms with E-state index in [1.54, 1.807) is 24.3 Å². The molecule has 3 N–H and O–H groups in total. The van der Waals surface area contributed by atoms with Crippen molar-refractivity contribution in [2.45, 2.75) is 0 Å². The van der Waals surface area contributed by atoms with Gasteiger partial charge in [-0.15, -0.1) is 0 Å². The molecule has 0 radical (unpaired) electrons. The van der Waals surface area contributed by atoms with E-state index in [0.717, 1.165) is 4.47 Å². The standard InChI is InChI=1S/C12H9BrN4/c13-9-5-4-8(7-14)10(6-9)16-12-3-1-2-11(15)17-12/h1-6H,(H3,15,16,17). The second-order valence-corrected chi connectivity index (χ2v) is 4.29. The molecule has 4 nitrogen and oxygen atoms in total. The van der Waals surface area contributed by atoms with E-state index in [-0.39, 0.29) is 0 Å². The molecule has 84 valence electrons. The number of nitrogen functional groups attached to an aromatic ring is 1. The molecule has 0 saturated heterocycles. The number of hydrogen-bond donors (Lipinski definition) is 2. The van der Waals surface area contributed by atoms with Gasteiger partial charge < -0.3 is 11.1 Å². The minimum atomic E-state index is 0.434. The third-order valence-electron chi connectivity index (χ3n) is 2.14. The Balaban J connectivity index is 2.36. The number of halogens is 1. The fraction of sp³-hybridized carbons (Fsp3) is 0. The molecular formula is C12H9BrN4. The minimum Gasteiger partial charge on any atom is -0.384 e. The van der Waals surface area contributed by atoms with Crippen LogP contribution >= 0.6 is 15.9 Å². The lowest BCUT2D eigenvalue weighted by Crippen LogP contribution is -1.98. The first kappa shape index (κ1) is 11.4. The van der Waals surface area contributed by atoms with Gasteiger partial charge in [0.05, 0.1) is 11.3 Å². The van der Waals surface area contributed by atoms with Crippen molar-refractivity contribution in [3.63, 3.8) is 0 Å². The predicted molar refractivity (Wildman–Crippen MR) is 70.8 cm³/mol. The normalized spacial score (nSPS) is 9.65. The lowest BCUT2D eigenvalue weighted by atomic mass is 10.2. The molecule has 5 heteroatoms. The van der Waals surface area contributed by atoms with Crippen molar-refractivity contribution in [3.05, 3.63) is 46.4 Å². The molecule has 0 aliphatic rings. The zero-order chi connectivity index (χ0) is 12.3. The number of rotatable bonds is 2. The maximum atomic E-state index is 8.99. The fourth-order valence-electron chi connectivity index (χ4n) is 1.38. The molecule has 0 aliphatic heterocycles. The Bertz CT molecular complexity index is 589. The molecule has 17 heavy (non-hydrogen) atoms. The van der Waals surface area contributed by atoms with Crippen LogP contribution in [0.3, 0.4) is 0 Å². The predicted octanol–water partition coefficient (Wildman–Crippen LogP) is 3.04. The van der Waals surface area contributed by atoms with Crippen LogP contribution in [0.2, 0.25) is 0 Å². The number of anilines is 3. The van der Waals surface area contributed by atoms with Crippen LogP contribution in [0.5, 0.6) is 0 Å². The third-order valence-corrected chi connectivity index (χ3v) is 2.63. The fourth-order valence-corrected chi connectivity index (χ4v) is 1.74. The van der Waals surface area contributed by atoms with E-state index in [4.69, 9.17) is 11.0 Å². The molecule has 0 aliphatic carbocycles. The molecule has 0 fully saturated rings. The highest BCUT2D eigenvalue weighted by Gasteiger charge is 2.04. The Morgan fingerprint density at radius 1 is 1.29 bits per heavy atom. The molecule has 1 heterocycles.